The van der Waals surface area contributed by atoms with Crippen molar-refractivity contribution in [3.8, 4) is 0 Å². The predicted octanol–water partition coefficient (Wildman–Crippen LogP) is 0.537. The fourth-order valence-electron chi connectivity index (χ4n) is 1.98. The molecule has 2 aromatic heterocycles. The van der Waals surface area contributed by atoms with Gasteiger partial charge in [-0.25, -0.2) is 22.6 Å². The van der Waals surface area contributed by atoms with Crippen molar-refractivity contribution < 1.29 is 8.42 Å². The molecule has 2 N–H and O–H groups in total. The molecule has 0 amide bonds. The van der Waals surface area contributed by atoms with E-state index in [2.05, 4.69) is 20.1 Å². The highest BCUT2D eigenvalue weighted by molar-refractivity contribution is 7.89. The SMILES string of the molecule is CCCS(=O)(=O)NCC(C)NCc1cccc2ncnn12. The number of sulfonamides is 1. The first-order chi connectivity index (χ1) is 10.0. The van der Waals surface area contributed by atoms with E-state index in [4.69, 9.17) is 0 Å². The molecule has 0 fully saturated rings. The summed E-state index contributed by atoms with van der Waals surface area (Å²) in [4.78, 5) is 4.13. The molecule has 1 atom stereocenters. The number of aromatic nitrogens is 3. The minimum Gasteiger partial charge on any atom is -0.307 e. The first-order valence-electron chi connectivity index (χ1n) is 7.00. The molecule has 0 bridgehead atoms. The predicted molar refractivity (Wildman–Crippen MR) is 81.4 cm³/mol. The van der Waals surface area contributed by atoms with E-state index in [0.717, 1.165) is 11.3 Å². The van der Waals surface area contributed by atoms with E-state index >= 15 is 0 Å². The lowest BCUT2D eigenvalue weighted by atomic mass is 10.3. The van der Waals surface area contributed by atoms with Crippen molar-refractivity contribution in [1.29, 1.82) is 0 Å². The number of hydrogen-bond acceptors (Lipinski definition) is 5. The fourth-order valence-corrected chi connectivity index (χ4v) is 3.16. The van der Waals surface area contributed by atoms with Crippen LogP contribution in [0.15, 0.2) is 24.5 Å². The monoisotopic (exact) mass is 311 g/mol. The Balaban J connectivity index is 1.87. The number of fused-ring (bicyclic) bond motifs is 1. The summed E-state index contributed by atoms with van der Waals surface area (Å²) in [6.45, 7) is 4.75. The average Bonchev–Trinajstić information content (AvgIpc) is 2.92. The van der Waals surface area contributed by atoms with E-state index in [0.29, 0.717) is 19.5 Å². The van der Waals surface area contributed by atoms with Crippen LogP contribution in [0.25, 0.3) is 5.65 Å². The largest absolute Gasteiger partial charge is 0.307 e. The number of nitrogens with one attached hydrogen (secondary N) is 2. The molecule has 21 heavy (non-hydrogen) atoms. The van der Waals surface area contributed by atoms with Gasteiger partial charge < -0.3 is 5.32 Å². The van der Waals surface area contributed by atoms with Crippen LogP contribution in [0.3, 0.4) is 0 Å². The van der Waals surface area contributed by atoms with Crippen molar-refractivity contribution in [2.45, 2.75) is 32.9 Å². The smallest absolute Gasteiger partial charge is 0.211 e. The van der Waals surface area contributed by atoms with Crippen molar-refractivity contribution in [1.82, 2.24) is 24.6 Å². The molecule has 0 aliphatic carbocycles. The van der Waals surface area contributed by atoms with Crippen LogP contribution in [0.1, 0.15) is 26.0 Å². The Kier molecular flexibility index (Phi) is 5.27. The molecule has 2 rings (SSSR count). The van der Waals surface area contributed by atoms with Crippen LogP contribution in [0.2, 0.25) is 0 Å². The molecule has 8 heteroatoms. The molecule has 0 spiro atoms. The summed E-state index contributed by atoms with van der Waals surface area (Å²) >= 11 is 0. The number of hydrogen-bond donors (Lipinski definition) is 2. The van der Waals surface area contributed by atoms with E-state index in [1.165, 1.54) is 6.33 Å². The number of rotatable bonds is 8. The van der Waals surface area contributed by atoms with E-state index in [1.54, 1.807) is 4.52 Å². The quantitative estimate of drug-likeness (QED) is 0.743. The standard InChI is InChI=1S/C13H21N5O2S/c1-3-7-21(19,20)17-8-11(2)14-9-12-5-4-6-13-15-10-16-18(12)13/h4-6,10-11,14,17H,3,7-9H2,1-2H3. The Morgan fingerprint density at radius 3 is 2.95 bits per heavy atom. The minimum atomic E-state index is -3.15. The van der Waals surface area contributed by atoms with Gasteiger partial charge in [0.2, 0.25) is 10.0 Å². The highest BCUT2D eigenvalue weighted by Crippen LogP contribution is 2.03. The highest BCUT2D eigenvalue weighted by atomic mass is 32.2. The van der Waals surface area contributed by atoms with Gasteiger partial charge in [0.15, 0.2) is 5.65 Å². The molecule has 2 aromatic rings. The molecular formula is C13H21N5O2S. The molecule has 0 aliphatic heterocycles. The van der Waals surface area contributed by atoms with Crippen LogP contribution in [0, 0.1) is 0 Å². The second-order valence-electron chi connectivity index (χ2n) is 5.00. The van der Waals surface area contributed by atoms with Crippen LogP contribution in [-0.2, 0) is 16.6 Å². The van der Waals surface area contributed by atoms with Crippen molar-refractivity contribution >= 4 is 15.7 Å². The third kappa shape index (κ3) is 4.48. The second-order valence-corrected chi connectivity index (χ2v) is 6.92. The van der Waals surface area contributed by atoms with Crippen molar-refractivity contribution in [3.05, 3.63) is 30.2 Å². The van der Waals surface area contributed by atoms with E-state index in [9.17, 15) is 8.42 Å². The minimum absolute atomic E-state index is 0.0235. The second kappa shape index (κ2) is 6.97. The highest BCUT2D eigenvalue weighted by Gasteiger charge is 2.11. The number of nitrogens with zero attached hydrogens (tertiary/aromatic N) is 3. The Morgan fingerprint density at radius 2 is 2.19 bits per heavy atom. The lowest BCUT2D eigenvalue weighted by Gasteiger charge is -2.15. The molecule has 2 heterocycles. The Morgan fingerprint density at radius 1 is 1.38 bits per heavy atom. The first-order valence-corrected chi connectivity index (χ1v) is 8.65. The molecule has 7 nitrogen and oxygen atoms in total. The Bertz CT molecular complexity index is 683. The lowest BCUT2D eigenvalue weighted by molar-refractivity contribution is 0.517. The van der Waals surface area contributed by atoms with Crippen LogP contribution >= 0.6 is 0 Å². The van der Waals surface area contributed by atoms with Gasteiger partial charge in [-0.2, -0.15) is 5.10 Å². The summed E-state index contributed by atoms with van der Waals surface area (Å²) in [6.07, 6.45) is 2.13. The normalized spacial score (nSPS) is 13.6. The zero-order valence-electron chi connectivity index (χ0n) is 12.3. The van der Waals surface area contributed by atoms with Gasteiger partial charge in [0.05, 0.1) is 11.4 Å². The summed E-state index contributed by atoms with van der Waals surface area (Å²) in [6, 6.07) is 5.80. The van der Waals surface area contributed by atoms with Gasteiger partial charge in [-0.05, 0) is 25.5 Å². The molecule has 1 unspecified atom stereocenters. The lowest BCUT2D eigenvalue weighted by Crippen LogP contribution is -2.39. The van der Waals surface area contributed by atoms with Gasteiger partial charge in [0.25, 0.3) is 0 Å². The van der Waals surface area contributed by atoms with Crippen molar-refractivity contribution in [3.63, 3.8) is 0 Å². The van der Waals surface area contributed by atoms with Crippen molar-refractivity contribution in [2.24, 2.45) is 0 Å². The Labute approximate surface area is 124 Å². The average molecular weight is 311 g/mol. The maximum Gasteiger partial charge on any atom is 0.211 e. The summed E-state index contributed by atoms with van der Waals surface area (Å²) < 4.78 is 27.5. The molecule has 0 aromatic carbocycles. The van der Waals surface area contributed by atoms with Crippen LogP contribution in [0.5, 0.6) is 0 Å². The van der Waals surface area contributed by atoms with Gasteiger partial charge in [0.1, 0.15) is 6.33 Å². The van der Waals surface area contributed by atoms with Crippen LogP contribution in [-0.4, -0.2) is 41.4 Å². The van der Waals surface area contributed by atoms with Gasteiger partial charge in [-0.15, -0.1) is 0 Å². The molecular weight excluding hydrogens is 290 g/mol. The van der Waals surface area contributed by atoms with Crippen LogP contribution in [0.4, 0.5) is 0 Å². The Hall–Kier alpha value is -1.51. The number of pyridine rings is 1. The fraction of sp³-hybridized carbons (Fsp3) is 0.538. The molecule has 0 radical (unpaired) electrons. The van der Waals surface area contributed by atoms with E-state index in [-0.39, 0.29) is 11.8 Å². The summed E-state index contributed by atoms with van der Waals surface area (Å²) in [5.74, 6) is 0.165. The summed E-state index contributed by atoms with van der Waals surface area (Å²) in [5.41, 5.74) is 1.78. The van der Waals surface area contributed by atoms with Crippen molar-refractivity contribution in [2.75, 3.05) is 12.3 Å². The zero-order valence-corrected chi connectivity index (χ0v) is 13.1. The third-order valence-electron chi connectivity index (χ3n) is 3.09. The molecule has 0 saturated carbocycles. The summed E-state index contributed by atoms with van der Waals surface area (Å²) in [5, 5.41) is 7.44. The van der Waals surface area contributed by atoms with Gasteiger partial charge in [-0.1, -0.05) is 13.0 Å². The maximum atomic E-state index is 11.6. The summed E-state index contributed by atoms with van der Waals surface area (Å²) in [7, 11) is -3.15. The van der Waals surface area contributed by atoms with E-state index < -0.39 is 10.0 Å². The van der Waals surface area contributed by atoms with Gasteiger partial charge in [0, 0.05) is 19.1 Å². The van der Waals surface area contributed by atoms with Crippen LogP contribution < -0.4 is 10.0 Å². The van der Waals surface area contributed by atoms with E-state index in [1.807, 2.05) is 32.0 Å². The third-order valence-corrected chi connectivity index (χ3v) is 4.65. The van der Waals surface area contributed by atoms with Gasteiger partial charge >= 0.3 is 0 Å². The molecule has 0 aliphatic rings. The maximum absolute atomic E-state index is 11.6. The zero-order chi connectivity index (χ0) is 15.3. The van der Waals surface area contributed by atoms with Gasteiger partial charge in [-0.3, -0.25) is 0 Å². The molecule has 0 saturated heterocycles. The topological polar surface area (TPSA) is 88.4 Å². The first kappa shape index (κ1) is 15.9. The molecule has 116 valence electrons.